The summed E-state index contributed by atoms with van der Waals surface area (Å²) in [6.07, 6.45) is 3.81. The second-order valence-corrected chi connectivity index (χ2v) is 5.20. The normalized spacial score (nSPS) is 18.9. The van der Waals surface area contributed by atoms with Crippen LogP contribution in [-0.2, 0) is 11.3 Å². The molecule has 0 unspecified atom stereocenters. The van der Waals surface area contributed by atoms with Crippen molar-refractivity contribution in [3.63, 3.8) is 0 Å². The van der Waals surface area contributed by atoms with Crippen molar-refractivity contribution in [2.75, 3.05) is 18.1 Å². The molecule has 1 aliphatic carbocycles. The molecule has 2 aromatic heterocycles. The first kappa shape index (κ1) is 11.7. The number of imidazole rings is 1. The minimum atomic E-state index is -0.322. The highest BCUT2D eigenvalue weighted by atomic mass is 16.6. The Morgan fingerprint density at radius 2 is 2.30 bits per heavy atom. The number of rotatable bonds is 3. The van der Waals surface area contributed by atoms with Gasteiger partial charge in [0.25, 0.3) is 0 Å². The third kappa shape index (κ3) is 1.74. The fourth-order valence-corrected chi connectivity index (χ4v) is 2.52. The van der Waals surface area contributed by atoms with E-state index in [1.165, 1.54) is 0 Å². The number of fused-ring (bicyclic) bond motifs is 1. The average molecular weight is 273 g/mol. The summed E-state index contributed by atoms with van der Waals surface area (Å²) in [7, 11) is 0. The Kier molecular flexibility index (Phi) is 2.43. The van der Waals surface area contributed by atoms with Crippen LogP contribution in [0.25, 0.3) is 5.65 Å². The van der Waals surface area contributed by atoms with Gasteiger partial charge in [-0.15, -0.1) is 0 Å². The van der Waals surface area contributed by atoms with E-state index in [0.29, 0.717) is 31.3 Å². The van der Waals surface area contributed by atoms with E-state index in [4.69, 9.17) is 10.5 Å². The first-order chi connectivity index (χ1) is 9.76. The number of nitrogens with two attached hydrogens (primary N) is 1. The summed E-state index contributed by atoms with van der Waals surface area (Å²) in [5.74, 6) is 0.500. The molecule has 7 nitrogen and oxygen atoms in total. The van der Waals surface area contributed by atoms with Gasteiger partial charge in [0, 0.05) is 12.5 Å². The molecular weight excluding hydrogens is 258 g/mol. The Bertz CT molecular complexity index is 691. The summed E-state index contributed by atoms with van der Waals surface area (Å²) in [5, 5.41) is 4.58. The monoisotopic (exact) mass is 273 g/mol. The van der Waals surface area contributed by atoms with Crippen LogP contribution in [-0.4, -0.2) is 33.8 Å². The zero-order chi connectivity index (χ0) is 13.7. The summed E-state index contributed by atoms with van der Waals surface area (Å²) in [5.41, 5.74) is 8.85. The van der Waals surface area contributed by atoms with Gasteiger partial charge in [-0.25, -0.2) is 14.3 Å². The fraction of sp³-hybridized carbons (Fsp3) is 0.462. The fourth-order valence-electron chi connectivity index (χ4n) is 2.52. The number of anilines is 1. The van der Waals surface area contributed by atoms with Crippen molar-refractivity contribution in [2.24, 2.45) is 5.73 Å². The molecule has 1 saturated carbocycles. The van der Waals surface area contributed by atoms with Crippen LogP contribution in [0, 0.1) is 0 Å². The molecule has 0 spiro atoms. The molecule has 7 heteroatoms. The molecule has 1 saturated heterocycles. The highest BCUT2D eigenvalue weighted by Gasteiger charge is 2.31. The van der Waals surface area contributed by atoms with Crippen molar-refractivity contribution in [1.29, 1.82) is 0 Å². The first-order valence-corrected chi connectivity index (χ1v) is 6.80. The zero-order valence-electron chi connectivity index (χ0n) is 11.0. The highest BCUT2D eigenvalue weighted by Crippen LogP contribution is 2.40. The van der Waals surface area contributed by atoms with Crippen LogP contribution in [0.3, 0.4) is 0 Å². The van der Waals surface area contributed by atoms with Gasteiger partial charge in [0.2, 0.25) is 0 Å². The van der Waals surface area contributed by atoms with E-state index < -0.39 is 0 Å². The minimum absolute atomic E-state index is 0.322. The van der Waals surface area contributed by atoms with Gasteiger partial charge >= 0.3 is 6.09 Å². The molecule has 20 heavy (non-hydrogen) atoms. The molecular formula is C13H15N5O2. The molecule has 0 atom stereocenters. The van der Waals surface area contributed by atoms with Crippen molar-refractivity contribution in [2.45, 2.75) is 25.3 Å². The number of hydrogen-bond donors (Lipinski definition) is 1. The van der Waals surface area contributed by atoms with Gasteiger partial charge < -0.3 is 10.5 Å². The lowest BCUT2D eigenvalue weighted by molar-refractivity contribution is 0.181. The van der Waals surface area contributed by atoms with Gasteiger partial charge in [-0.1, -0.05) is 0 Å². The Morgan fingerprint density at radius 1 is 1.45 bits per heavy atom. The lowest BCUT2D eigenvalue weighted by Crippen LogP contribution is -2.24. The Balaban J connectivity index is 1.90. The van der Waals surface area contributed by atoms with Crippen molar-refractivity contribution < 1.29 is 9.53 Å². The van der Waals surface area contributed by atoms with Crippen molar-refractivity contribution in [1.82, 2.24) is 14.6 Å². The summed E-state index contributed by atoms with van der Waals surface area (Å²) in [6.45, 7) is 1.32. The quantitative estimate of drug-likeness (QED) is 0.902. The van der Waals surface area contributed by atoms with Crippen LogP contribution in [0.1, 0.15) is 30.1 Å². The molecule has 2 aromatic rings. The number of carbonyl (C=O) groups excluding carboxylic acids is 1. The number of hydrogen-bond acceptors (Lipinski definition) is 5. The highest BCUT2D eigenvalue weighted by molar-refractivity contribution is 5.93. The number of ether oxygens (including phenoxy) is 1. The Labute approximate surface area is 115 Å². The van der Waals surface area contributed by atoms with E-state index in [1.807, 2.05) is 12.3 Å². The van der Waals surface area contributed by atoms with E-state index in [0.717, 1.165) is 29.9 Å². The van der Waals surface area contributed by atoms with Crippen LogP contribution in [0.4, 0.5) is 10.5 Å². The molecule has 1 amide bonds. The molecule has 0 bridgehead atoms. The molecule has 2 aliphatic rings. The molecule has 2 fully saturated rings. The predicted octanol–water partition coefficient (Wildman–Crippen LogP) is 1.02. The second kappa shape index (κ2) is 4.17. The number of aromatic nitrogens is 3. The molecule has 3 heterocycles. The molecule has 104 valence electrons. The maximum Gasteiger partial charge on any atom is 0.414 e. The summed E-state index contributed by atoms with van der Waals surface area (Å²) < 4.78 is 6.76. The maximum absolute atomic E-state index is 11.8. The van der Waals surface area contributed by atoms with Gasteiger partial charge in [-0.3, -0.25) is 4.90 Å². The number of nitrogens with zero attached hydrogens (tertiary/aromatic N) is 4. The van der Waals surface area contributed by atoms with Gasteiger partial charge in [0.05, 0.1) is 29.8 Å². The van der Waals surface area contributed by atoms with Crippen LogP contribution in [0.2, 0.25) is 0 Å². The van der Waals surface area contributed by atoms with Crippen LogP contribution >= 0.6 is 0 Å². The second-order valence-electron chi connectivity index (χ2n) is 5.20. The average Bonchev–Trinajstić information content (AvgIpc) is 3.08. The van der Waals surface area contributed by atoms with Gasteiger partial charge in [-0.2, -0.15) is 5.10 Å². The lowest BCUT2D eigenvalue weighted by Gasteiger charge is -2.14. The Hall–Kier alpha value is -2.15. The van der Waals surface area contributed by atoms with E-state index >= 15 is 0 Å². The van der Waals surface area contributed by atoms with Gasteiger partial charge in [0.15, 0.2) is 5.65 Å². The number of amides is 1. The maximum atomic E-state index is 11.8. The third-order valence-electron chi connectivity index (χ3n) is 3.73. The summed E-state index contributed by atoms with van der Waals surface area (Å²) >= 11 is 0. The van der Waals surface area contributed by atoms with Crippen molar-refractivity contribution in [3.8, 4) is 0 Å². The lowest BCUT2D eigenvalue weighted by atomic mass is 10.2. The van der Waals surface area contributed by atoms with Crippen LogP contribution < -0.4 is 10.6 Å². The van der Waals surface area contributed by atoms with Gasteiger partial charge in [0.1, 0.15) is 6.61 Å². The van der Waals surface area contributed by atoms with E-state index in [-0.39, 0.29) is 6.09 Å². The van der Waals surface area contributed by atoms with Crippen LogP contribution in [0.15, 0.2) is 12.3 Å². The summed E-state index contributed by atoms with van der Waals surface area (Å²) in [6, 6.07) is 1.97. The smallest absolute Gasteiger partial charge is 0.414 e. The molecule has 0 radical (unpaired) electrons. The predicted molar refractivity (Wildman–Crippen MR) is 71.5 cm³/mol. The molecule has 4 rings (SSSR count). The standard InChI is InChI=1S/C13H15N5O2/c14-6-9-7-18-12(15-9)11(17-3-4-20-13(17)19)5-10(16-18)8-1-2-8/h5,7-8H,1-4,6,14H2. The molecule has 1 aliphatic heterocycles. The minimum Gasteiger partial charge on any atom is -0.447 e. The van der Waals surface area contributed by atoms with Crippen molar-refractivity contribution >= 4 is 17.4 Å². The molecule has 0 aromatic carbocycles. The van der Waals surface area contributed by atoms with E-state index in [9.17, 15) is 4.79 Å². The van der Waals surface area contributed by atoms with E-state index in [2.05, 4.69) is 10.1 Å². The SMILES string of the molecule is NCc1cn2nc(C3CC3)cc(N3CCOC3=O)c2n1. The number of cyclic esters (lactones) is 1. The third-order valence-corrected chi connectivity index (χ3v) is 3.73. The van der Waals surface area contributed by atoms with Crippen molar-refractivity contribution in [3.05, 3.63) is 23.7 Å². The van der Waals surface area contributed by atoms with E-state index in [1.54, 1.807) is 9.42 Å². The number of carbonyl (C=O) groups is 1. The largest absolute Gasteiger partial charge is 0.447 e. The zero-order valence-corrected chi connectivity index (χ0v) is 11.0. The summed E-state index contributed by atoms with van der Waals surface area (Å²) in [4.78, 5) is 17.9. The first-order valence-electron chi connectivity index (χ1n) is 6.80. The van der Waals surface area contributed by atoms with Gasteiger partial charge in [-0.05, 0) is 18.9 Å². The Morgan fingerprint density at radius 3 is 2.95 bits per heavy atom. The van der Waals surface area contributed by atoms with Crippen LogP contribution in [0.5, 0.6) is 0 Å². The molecule has 2 N–H and O–H groups in total. The topological polar surface area (TPSA) is 85.8 Å².